The maximum atomic E-state index is 6.69. The van der Waals surface area contributed by atoms with Crippen LogP contribution in [0, 0.1) is 18.5 Å². The van der Waals surface area contributed by atoms with E-state index in [0.29, 0.717) is 11.5 Å². The van der Waals surface area contributed by atoms with E-state index in [9.17, 15) is 0 Å². The van der Waals surface area contributed by atoms with Gasteiger partial charge < -0.3 is 13.9 Å². The minimum atomic E-state index is -0.149. The van der Waals surface area contributed by atoms with Crippen molar-refractivity contribution in [2.75, 3.05) is 0 Å². The maximum absolute atomic E-state index is 6.69. The molecule has 0 aliphatic carbocycles. The molecule has 3 heterocycles. The van der Waals surface area contributed by atoms with Crippen molar-refractivity contribution in [1.82, 2.24) is 14.1 Å². The molecule has 290 valence electrons. The second kappa shape index (κ2) is 15.4. The summed E-state index contributed by atoms with van der Waals surface area (Å²) in [4.78, 5) is 4.84. The zero-order valence-corrected chi connectivity index (χ0v) is 35.8. The van der Waals surface area contributed by atoms with E-state index in [2.05, 4.69) is 198 Å². The minimum Gasteiger partial charge on any atom is -0.510 e. The fraction of sp³-hybridized carbons (Fsp3) is 0.154. The third-order valence-electron chi connectivity index (χ3n) is 10.6. The van der Waals surface area contributed by atoms with E-state index < -0.39 is 0 Å². The van der Waals surface area contributed by atoms with Crippen LogP contribution in [0.3, 0.4) is 0 Å². The molecule has 9 aromatic rings. The zero-order chi connectivity index (χ0) is 39.3. The van der Waals surface area contributed by atoms with Gasteiger partial charge in [0.15, 0.2) is 0 Å². The molecule has 0 radical (unpaired) electrons. The molecule has 0 N–H and O–H groups in total. The molecule has 6 heteroatoms. The van der Waals surface area contributed by atoms with Crippen LogP contribution in [0.25, 0.3) is 61.3 Å². The van der Waals surface area contributed by atoms with E-state index in [4.69, 9.17) is 9.72 Å². The van der Waals surface area contributed by atoms with Gasteiger partial charge in [0.25, 0.3) is 6.33 Å². The van der Waals surface area contributed by atoms with Crippen LogP contribution in [0.15, 0.2) is 158 Å². The number of hydrogen-bond donors (Lipinski definition) is 0. The van der Waals surface area contributed by atoms with E-state index in [0.717, 1.165) is 66.8 Å². The molecule has 0 saturated carbocycles. The van der Waals surface area contributed by atoms with E-state index >= 15 is 0 Å². The molecular weight excluding hydrogens is 892 g/mol. The van der Waals surface area contributed by atoms with Crippen molar-refractivity contribution in [3.05, 3.63) is 188 Å². The molecule has 0 atom stereocenters. The Bertz CT molecular complexity index is 2840. The van der Waals surface area contributed by atoms with Crippen molar-refractivity contribution < 1.29 is 30.4 Å². The largest absolute Gasteiger partial charge is 0.510 e. The van der Waals surface area contributed by atoms with Gasteiger partial charge in [0, 0.05) is 56.7 Å². The van der Waals surface area contributed by atoms with Gasteiger partial charge in [-0.15, -0.1) is 29.7 Å². The van der Waals surface area contributed by atoms with E-state index in [1.807, 2.05) is 33.8 Å². The van der Waals surface area contributed by atoms with Crippen LogP contribution in [-0.2, 0) is 31.9 Å². The molecule has 9 rings (SSSR count). The molecule has 0 bridgehead atoms. The van der Waals surface area contributed by atoms with E-state index in [1.54, 1.807) is 0 Å². The molecule has 0 saturated heterocycles. The summed E-state index contributed by atoms with van der Waals surface area (Å²) in [6.07, 6.45) is 9.54. The first-order valence-electron chi connectivity index (χ1n) is 19.5. The average molecular weight is 936 g/mol. The van der Waals surface area contributed by atoms with Crippen molar-refractivity contribution in [2.24, 2.45) is 0 Å². The summed E-state index contributed by atoms with van der Waals surface area (Å²) in [5.74, 6) is 2.06. The summed E-state index contributed by atoms with van der Waals surface area (Å²) in [7, 11) is 0. The van der Waals surface area contributed by atoms with Crippen molar-refractivity contribution >= 4 is 21.8 Å². The van der Waals surface area contributed by atoms with Crippen LogP contribution < -0.4 is 9.30 Å². The van der Waals surface area contributed by atoms with Gasteiger partial charge in [0.2, 0.25) is 0 Å². The van der Waals surface area contributed by atoms with Crippen molar-refractivity contribution in [3.63, 3.8) is 0 Å². The summed E-state index contributed by atoms with van der Waals surface area (Å²) in [5, 5.41) is 2.23. The Morgan fingerprint density at radius 3 is 1.91 bits per heavy atom. The maximum Gasteiger partial charge on any atom is 0.267 e. The predicted molar refractivity (Wildman–Crippen MR) is 231 cm³/mol. The molecule has 0 aliphatic heterocycles. The third-order valence-corrected chi connectivity index (χ3v) is 10.6. The first-order valence-corrected chi connectivity index (χ1v) is 19.5. The summed E-state index contributed by atoms with van der Waals surface area (Å²) >= 11 is 0. The smallest absolute Gasteiger partial charge is 0.267 e. The number of benzene rings is 6. The number of ether oxygens (including phenoxy) is 1. The molecule has 0 aliphatic rings. The number of fused-ring (bicyclic) bond motifs is 3. The quantitative estimate of drug-likeness (QED) is 0.118. The van der Waals surface area contributed by atoms with Crippen molar-refractivity contribution in [2.45, 2.75) is 52.4 Å². The number of aromatic nitrogens is 4. The Morgan fingerprint density at radius 2 is 1.24 bits per heavy atom. The van der Waals surface area contributed by atoms with Crippen LogP contribution >= 0.6 is 0 Å². The van der Waals surface area contributed by atoms with Crippen molar-refractivity contribution in [3.8, 4) is 50.9 Å². The molecule has 58 heavy (non-hydrogen) atoms. The average Bonchev–Trinajstić information content (AvgIpc) is 3.84. The normalized spacial score (nSPS) is 11.8. The fourth-order valence-corrected chi connectivity index (χ4v) is 7.38. The van der Waals surface area contributed by atoms with Gasteiger partial charge >= 0.3 is 0 Å². The molecule has 0 spiro atoms. The van der Waals surface area contributed by atoms with E-state index in [-0.39, 0.29) is 31.9 Å². The molecular formula is C52H44N4OPt-2. The van der Waals surface area contributed by atoms with Gasteiger partial charge in [-0.05, 0) is 86.1 Å². The molecule has 0 amide bonds. The summed E-state index contributed by atoms with van der Waals surface area (Å²) in [5.41, 5.74) is 10.6. The second-order valence-corrected chi connectivity index (χ2v) is 16.7. The Kier molecular flexibility index (Phi) is 10.3. The number of para-hydroxylation sites is 1. The van der Waals surface area contributed by atoms with Gasteiger partial charge in [0.1, 0.15) is 5.82 Å². The van der Waals surface area contributed by atoms with Gasteiger partial charge in [-0.2, -0.15) is 17.7 Å². The summed E-state index contributed by atoms with van der Waals surface area (Å²) in [6.45, 7) is 13.3. The van der Waals surface area contributed by atoms with E-state index in [1.165, 1.54) is 5.56 Å². The summed E-state index contributed by atoms with van der Waals surface area (Å²) in [6, 6.07) is 56.0. The third kappa shape index (κ3) is 7.67. The Hall–Kier alpha value is -6.03. The number of nitrogens with zero attached hydrogens (tertiary/aromatic N) is 4. The number of rotatable bonds is 7. The Balaban J connectivity index is 0.00000469. The summed E-state index contributed by atoms with van der Waals surface area (Å²) < 4.78 is 12.9. The predicted octanol–water partition coefficient (Wildman–Crippen LogP) is 12.4. The standard InChI is InChI=1S/C52H44N4O.Pt/c1-51(2,3)40-23-24-53-50(32-40)56-48-20-14-13-19-46(48)47-22-21-44(34-49(47)56)57-45-31-41(52(4,5)6)30-43(33-45)55-26-25-54(35-55)42-28-38(36-15-9-7-10-16-36)27-39(29-42)37-17-11-8-12-18-37;/h7-32H,1-6H3;/q-2;. The van der Waals surface area contributed by atoms with Gasteiger partial charge in [-0.1, -0.05) is 126 Å². The van der Waals surface area contributed by atoms with Crippen LogP contribution in [0.5, 0.6) is 11.5 Å². The fourth-order valence-electron chi connectivity index (χ4n) is 7.38. The van der Waals surface area contributed by atoms with Gasteiger partial charge in [-0.25, -0.2) is 4.98 Å². The number of pyridine rings is 1. The molecule has 5 nitrogen and oxygen atoms in total. The van der Waals surface area contributed by atoms with Crippen LogP contribution in [0.4, 0.5) is 0 Å². The number of imidazole rings is 1. The van der Waals surface area contributed by atoms with Crippen LogP contribution in [0.1, 0.15) is 52.7 Å². The molecule has 6 aromatic carbocycles. The Labute approximate surface area is 355 Å². The van der Waals surface area contributed by atoms with Gasteiger partial charge in [-0.3, -0.25) is 4.57 Å². The van der Waals surface area contributed by atoms with Gasteiger partial charge in [0.05, 0.1) is 5.69 Å². The number of hydrogen-bond acceptors (Lipinski definition) is 2. The zero-order valence-electron chi connectivity index (χ0n) is 33.5. The minimum absolute atomic E-state index is 0. The monoisotopic (exact) mass is 935 g/mol. The van der Waals surface area contributed by atoms with Crippen LogP contribution in [0.2, 0.25) is 0 Å². The second-order valence-electron chi connectivity index (χ2n) is 16.7. The first-order chi connectivity index (χ1) is 27.5. The van der Waals surface area contributed by atoms with Crippen LogP contribution in [-0.4, -0.2) is 14.1 Å². The molecule has 0 fully saturated rings. The Morgan fingerprint density at radius 1 is 0.586 bits per heavy atom. The van der Waals surface area contributed by atoms with Crippen molar-refractivity contribution in [1.29, 1.82) is 0 Å². The SMILES string of the molecule is CC(C)(C)c1cc(Oc2[c-]c3c(cc2)c2ccccc2n3-c2cc(C(C)(C)C)ccn2)[c-]c(-n2[c-][n+](-c3cc(-c4ccccc4)cc(-c4ccccc4)c3)cc2)c1.[Pt]. The molecule has 3 aromatic heterocycles. The molecule has 0 unspecified atom stereocenters. The topological polar surface area (TPSA) is 35.9 Å². The first kappa shape index (κ1) is 38.8.